The molecule has 13 heteroatoms. The molecular formula is C28H23BrN4O8. The summed E-state index contributed by atoms with van der Waals surface area (Å²) < 4.78 is 29.7. The number of ether oxygens (including phenoxy) is 4. The number of aromatic nitrogens is 3. The minimum absolute atomic E-state index is 0.00918. The summed E-state index contributed by atoms with van der Waals surface area (Å²) in [4.78, 5) is 37.6. The van der Waals surface area contributed by atoms with E-state index in [2.05, 4.69) is 31.6 Å². The highest BCUT2D eigenvalue weighted by Crippen LogP contribution is 2.33. The summed E-state index contributed by atoms with van der Waals surface area (Å²) in [6.07, 6.45) is 1.56. The Balaban J connectivity index is 1.32. The van der Waals surface area contributed by atoms with Gasteiger partial charge in [-0.2, -0.15) is 0 Å². The van der Waals surface area contributed by atoms with Crippen molar-refractivity contribution in [2.75, 3.05) is 19.5 Å². The molecule has 0 aliphatic rings. The van der Waals surface area contributed by atoms with E-state index < -0.39 is 5.97 Å². The van der Waals surface area contributed by atoms with Crippen molar-refractivity contribution in [1.29, 1.82) is 0 Å². The predicted octanol–water partition coefficient (Wildman–Crippen LogP) is 4.46. The first kappa shape index (κ1) is 27.6. The van der Waals surface area contributed by atoms with Crippen LogP contribution in [0.25, 0.3) is 21.9 Å². The molecule has 2 aromatic heterocycles. The number of anilines is 1. The van der Waals surface area contributed by atoms with E-state index in [1.54, 1.807) is 42.6 Å². The van der Waals surface area contributed by atoms with E-state index in [9.17, 15) is 14.4 Å². The third kappa shape index (κ3) is 6.14. The second kappa shape index (κ2) is 11.7. The molecule has 12 nitrogen and oxygen atoms in total. The Morgan fingerprint density at radius 3 is 2.56 bits per heavy atom. The predicted molar refractivity (Wildman–Crippen MR) is 152 cm³/mol. The standard InChI is InChI=1S/C28H23BrN4O8/c1-15(34)40-24-10-19(11-25-27(24)28(36)20-8-16(29)4-7-22(20)41-25)39-14-17-12-33(32-31-17)13-26(35)30-21-6-5-18(37-2)9-23(21)38-3/h4-12H,13-14H2,1-3H3,(H,30,35). The number of hydrogen-bond acceptors (Lipinski definition) is 10. The molecule has 0 aliphatic carbocycles. The molecule has 0 saturated heterocycles. The van der Waals surface area contributed by atoms with Crippen LogP contribution in [-0.2, 0) is 22.7 Å². The van der Waals surface area contributed by atoms with Gasteiger partial charge in [0, 0.05) is 29.6 Å². The third-order valence-corrected chi connectivity index (χ3v) is 6.38. The Labute approximate surface area is 240 Å². The molecular weight excluding hydrogens is 600 g/mol. The van der Waals surface area contributed by atoms with Crippen molar-refractivity contribution >= 4 is 55.4 Å². The van der Waals surface area contributed by atoms with Crippen molar-refractivity contribution in [3.8, 4) is 23.0 Å². The fourth-order valence-electron chi connectivity index (χ4n) is 4.09. The highest BCUT2D eigenvalue weighted by molar-refractivity contribution is 9.10. The zero-order valence-corrected chi connectivity index (χ0v) is 23.7. The van der Waals surface area contributed by atoms with Gasteiger partial charge in [0.15, 0.2) is 0 Å². The van der Waals surface area contributed by atoms with Gasteiger partial charge in [0.25, 0.3) is 0 Å². The summed E-state index contributed by atoms with van der Waals surface area (Å²) >= 11 is 3.35. The number of rotatable bonds is 9. The number of nitrogens with zero attached hydrogens (tertiary/aromatic N) is 3. The zero-order valence-electron chi connectivity index (χ0n) is 22.1. The monoisotopic (exact) mass is 622 g/mol. The molecule has 1 amide bonds. The molecule has 3 aromatic carbocycles. The Morgan fingerprint density at radius 1 is 1.00 bits per heavy atom. The minimum atomic E-state index is -0.606. The van der Waals surface area contributed by atoms with Crippen molar-refractivity contribution in [2.45, 2.75) is 20.1 Å². The highest BCUT2D eigenvalue weighted by Gasteiger charge is 2.17. The molecule has 1 N–H and O–H groups in total. The van der Waals surface area contributed by atoms with Crippen molar-refractivity contribution in [3.63, 3.8) is 0 Å². The van der Waals surface area contributed by atoms with Crippen LogP contribution in [0.2, 0.25) is 0 Å². The van der Waals surface area contributed by atoms with Crippen LogP contribution in [0.1, 0.15) is 12.6 Å². The Kier molecular flexibility index (Phi) is 7.88. The lowest BCUT2D eigenvalue weighted by Crippen LogP contribution is -2.19. The molecule has 0 unspecified atom stereocenters. The third-order valence-electron chi connectivity index (χ3n) is 5.89. The van der Waals surface area contributed by atoms with Gasteiger partial charge in [-0.25, -0.2) is 4.68 Å². The van der Waals surface area contributed by atoms with Crippen LogP contribution in [0.15, 0.2) is 68.4 Å². The van der Waals surface area contributed by atoms with E-state index in [1.165, 1.54) is 38.0 Å². The second-order valence-electron chi connectivity index (χ2n) is 8.77. The lowest BCUT2D eigenvalue weighted by Gasteiger charge is -2.11. The smallest absolute Gasteiger partial charge is 0.308 e. The van der Waals surface area contributed by atoms with E-state index in [0.29, 0.717) is 38.3 Å². The molecule has 5 aromatic rings. The van der Waals surface area contributed by atoms with Gasteiger partial charge in [-0.3, -0.25) is 14.4 Å². The van der Waals surface area contributed by atoms with Crippen molar-refractivity contribution in [3.05, 3.63) is 75.1 Å². The maximum atomic E-state index is 13.2. The van der Waals surface area contributed by atoms with Crippen LogP contribution >= 0.6 is 15.9 Å². The average Bonchev–Trinajstić information content (AvgIpc) is 3.39. The van der Waals surface area contributed by atoms with Gasteiger partial charge in [0.2, 0.25) is 11.3 Å². The number of benzene rings is 3. The Bertz CT molecular complexity index is 1850. The van der Waals surface area contributed by atoms with Gasteiger partial charge < -0.3 is 28.7 Å². The Hall–Kier alpha value is -4.91. The van der Waals surface area contributed by atoms with Crippen LogP contribution in [0.5, 0.6) is 23.0 Å². The van der Waals surface area contributed by atoms with Gasteiger partial charge in [-0.15, -0.1) is 5.10 Å². The number of halogens is 1. The highest BCUT2D eigenvalue weighted by atomic mass is 79.9. The summed E-state index contributed by atoms with van der Waals surface area (Å²) in [5, 5.41) is 11.2. The fraction of sp³-hybridized carbons (Fsp3) is 0.179. The van der Waals surface area contributed by atoms with Crippen LogP contribution in [0.3, 0.4) is 0 Å². The number of fused-ring (bicyclic) bond motifs is 2. The largest absolute Gasteiger partial charge is 0.497 e. The number of carbonyl (C=O) groups excluding carboxylic acids is 2. The number of hydrogen-bond donors (Lipinski definition) is 1. The molecule has 5 rings (SSSR count). The SMILES string of the molecule is COc1ccc(NC(=O)Cn2cc(COc3cc(OC(C)=O)c4c(=O)c5cc(Br)ccc5oc4c3)nn2)c(OC)c1. The van der Waals surface area contributed by atoms with E-state index in [4.69, 9.17) is 23.4 Å². The number of nitrogens with one attached hydrogen (secondary N) is 1. The van der Waals surface area contributed by atoms with Crippen molar-refractivity contribution in [1.82, 2.24) is 15.0 Å². The van der Waals surface area contributed by atoms with Crippen LogP contribution in [0.4, 0.5) is 5.69 Å². The number of esters is 1. The fourth-order valence-corrected chi connectivity index (χ4v) is 4.45. The molecule has 0 spiro atoms. The summed E-state index contributed by atoms with van der Waals surface area (Å²) in [7, 11) is 3.03. The topological polar surface area (TPSA) is 144 Å². The van der Waals surface area contributed by atoms with Gasteiger partial charge in [0.05, 0.1) is 31.5 Å². The van der Waals surface area contributed by atoms with Crippen molar-refractivity contribution < 1.29 is 33.0 Å². The molecule has 2 heterocycles. The van der Waals surface area contributed by atoms with E-state index in [0.717, 1.165) is 0 Å². The summed E-state index contributed by atoms with van der Waals surface area (Å²) in [5.41, 5.74) is 1.12. The van der Waals surface area contributed by atoms with Gasteiger partial charge in [0.1, 0.15) is 58.4 Å². The molecule has 0 saturated carbocycles. The molecule has 0 atom stereocenters. The normalized spacial score (nSPS) is 10.9. The lowest BCUT2D eigenvalue weighted by molar-refractivity contribution is -0.131. The number of amides is 1. The van der Waals surface area contributed by atoms with E-state index in [-0.39, 0.29) is 47.0 Å². The first-order valence-electron chi connectivity index (χ1n) is 12.2. The maximum absolute atomic E-state index is 13.2. The first-order valence-corrected chi connectivity index (χ1v) is 13.0. The number of methoxy groups -OCH3 is 2. The van der Waals surface area contributed by atoms with Crippen LogP contribution < -0.4 is 29.7 Å². The van der Waals surface area contributed by atoms with Gasteiger partial charge >= 0.3 is 5.97 Å². The summed E-state index contributed by atoms with van der Waals surface area (Å²) in [5.74, 6) is 0.370. The van der Waals surface area contributed by atoms with Crippen molar-refractivity contribution in [2.24, 2.45) is 0 Å². The number of carbonyl (C=O) groups is 2. The van der Waals surface area contributed by atoms with Gasteiger partial charge in [-0.05, 0) is 30.3 Å². The average molecular weight is 623 g/mol. The molecule has 0 bridgehead atoms. The maximum Gasteiger partial charge on any atom is 0.308 e. The van der Waals surface area contributed by atoms with E-state index >= 15 is 0 Å². The summed E-state index contributed by atoms with van der Waals surface area (Å²) in [6, 6.07) is 13.1. The lowest BCUT2D eigenvalue weighted by atomic mass is 10.1. The summed E-state index contributed by atoms with van der Waals surface area (Å²) in [6.45, 7) is 1.10. The minimum Gasteiger partial charge on any atom is -0.497 e. The molecule has 210 valence electrons. The second-order valence-corrected chi connectivity index (χ2v) is 9.69. The first-order chi connectivity index (χ1) is 19.7. The van der Waals surface area contributed by atoms with Gasteiger partial charge in [-0.1, -0.05) is 21.1 Å². The molecule has 0 fully saturated rings. The Morgan fingerprint density at radius 2 is 1.80 bits per heavy atom. The molecule has 0 radical (unpaired) electrons. The molecule has 41 heavy (non-hydrogen) atoms. The van der Waals surface area contributed by atoms with Crippen LogP contribution in [0, 0.1) is 0 Å². The molecule has 0 aliphatic heterocycles. The van der Waals surface area contributed by atoms with E-state index in [1.807, 2.05) is 0 Å². The zero-order chi connectivity index (χ0) is 29.1. The van der Waals surface area contributed by atoms with Crippen LogP contribution in [-0.4, -0.2) is 41.1 Å². The quantitative estimate of drug-likeness (QED) is 0.142.